The van der Waals surface area contributed by atoms with Crippen molar-refractivity contribution in [3.05, 3.63) is 64.6 Å². The highest BCUT2D eigenvalue weighted by molar-refractivity contribution is 6.30. The molecule has 2 rings (SSSR count). The predicted molar refractivity (Wildman–Crippen MR) is 119 cm³/mol. The van der Waals surface area contributed by atoms with Gasteiger partial charge in [0.1, 0.15) is 11.3 Å². The van der Waals surface area contributed by atoms with Gasteiger partial charge in [0.05, 0.1) is 0 Å². The van der Waals surface area contributed by atoms with Crippen molar-refractivity contribution in [1.29, 1.82) is 0 Å². The van der Waals surface area contributed by atoms with Crippen molar-refractivity contribution in [2.45, 2.75) is 46.2 Å². The summed E-state index contributed by atoms with van der Waals surface area (Å²) in [5.41, 5.74) is 2.02. The SMILES string of the molecule is CCC=NCC/C=C\CCn1nc(NCc2cccc(Cl)c2)ccc1=NCC. The van der Waals surface area contributed by atoms with Gasteiger partial charge in [0.25, 0.3) is 0 Å². The van der Waals surface area contributed by atoms with Crippen molar-refractivity contribution < 1.29 is 0 Å². The van der Waals surface area contributed by atoms with E-state index in [9.17, 15) is 0 Å². The number of benzene rings is 1. The lowest BCUT2D eigenvalue weighted by atomic mass is 10.2. The number of nitrogens with one attached hydrogen (secondary N) is 1. The van der Waals surface area contributed by atoms with E-state index in [-0.39, 0.29) is 0 Å². The van der Waals surface area contributed by atoms with E-state index in [1.165, 1.54) is 0 Å². The Hall–Kier alpha value is -2.40. The third kappa shape index (κ3) is 8.09. The van der Waals surface area contributed by atoms with Crippen LogP contribution in [0.2, 0.25) is 5.02 Å². The zero-order valence-corrected chi connectivity index (χ0v) is 17.6. The summed E-state index contributed by atoms with van der Waals surface area (Å²) < 4.78 is 1.96. The molecule has 0 aliphatic carbocycles. The molecule has 1 aromatic heterocycles. The normalized spacial score (nSPS) is 12.3. The van der Waals surface area contributed by atoms with Crippen LogP contribution in [0.5, 0.6) is 0 Å². The van der Waals surface area contributed by atoms with Crippen LogP contribution in [0.15, 0.2) is 58.5 Å². The van der Waals surface area contributed by atoms with Crippen LogP contribution in [-0.2, 0) is 13.1 Å². The van der Waals surface area contributed by atoms with E-state index in [4.69, 9.17) is 16.7 Å². The van der Waals surface area contributed by atoms with E-state index in [2.05, 4.69) is 34.4 Å². The molecule has 6 heteroatoms. The van der Waals surface area contributed by atoms with E-state index in [1.807, 2.05) is 54.2 Å². The van der Waals surface area contributed by atoms with Crippen LogP contribution in [-0.4, -0.2) is 29.1 Å². The van der Waals surface area contributed by atoms with E-state index in [1.54, 1.807) is 0 Å². The second kappa shape index (κ2) is 12.9. The van der Waals surface area contributed by atoms with E-state index in [0.29, 0.717) is 6.54 Å². The first-order valence-corrected chi connectivity index (χ1v) is 10.3. The molecule has 0 unspecified atom stereocenters. The van der Waals surface area contributed by atoms with E-state index < -0.39 is 0 Å². The minimum absolute atomic E-state index is 0.677. The Morgan fingerprint density at radius 3 is 2.79 bits per heavy atom. The van der Waals surface area contributed by atoms with Gasteiger partial charge < -0.3 is 5.32 Å². The van der Waals surface area contributed by atoms with Gasteiger partial charge in [-0.3, -0.25) is 9.98 Å². The van der Waals surface area contributed by atoms with Gasteiger partial charge in [-0.1, -0.05) is 42.8 Å². The quantitative estimate of drug-likeness (QED) is 0.332. The predicted octanol–water partition coefficient (Wildman–Crippen LogP) is 4.89. The smallest absolute Gasteiger partial charge is 0.146 e. The van der Waals surface area contributed by atoms with Gasteiger partial charge in [-0.05, 0) is 62.2 Å². The first-order chi connectivity index (χ1) is 13.7. The minimum Gasteiger partial charge on any atom is -0.365 e. The lowest BCUT2D eigenvalue weighted by Gasteiger charge is -2.10. The topological polar surface area (TPSA) is 54.6 Å². The average Bonchev–Trinajstić information content (AvgIpc) is 2.70. The summed E-state index contributed by atoms with van der Waals surface area (Å²) in [5.74, 6) is 0.827. The van der Waals surface area contributed by atoms with Crippen molar-refractivity contribution in [2.24, 2.45) is 9.98 Å². The third-order valence-electron chi connectivity index (χ3n) is 3.98. The molecule has 1 N–H and O–H groups in total. The number of rotatable bonds is 11. The van der Waals surface area contributed by atoms with Crippen LogP contribution in [0.1, 0.15) is 38.7 Å². The largest absolute Gasteiger partial charge is 0.365 e. The zero-order chi connectivity index (χ0) is 20.0. The molecule has 28 heavy (non-hydrogen) atoms. The third-order valence-corrected chi connectivity index (χ3v) is 4.21. The average molecular weight is 400 g/mol. The molecule has 0 amide bonds. The van der Waals surface area contributed by atoms with Crippen LogP contribution >= 0.6 is 11.6 Å². The second-order valence-electron chi connectivity index (χ2n) is 6.30. The highest BCUT2D eigenvalue weighted by Crippen LogP contribution is 2.12. The molecule has 0 aliphatic rings. The molecule has 5 nitrogen and oxygen atoms in total. The summed E-state index contributed by atoms with van der Waals surface area (Å²) in [4.78, 5) is 8.86. The Labute approximate surface area is 172 Å². The van der Waals surface area contributed by atoms with Crippen LogP contribution in [0.3, 0.4) is 0 Å². The Morgan fingerprint density at radius 1 is 1.14 bits per heavy atom. The van der Waals surface area contributed by atoms with Crippen LogP contribution in [0, 0.1) is 0 Å². The number of anilines is 1. The fraction of sp³-hybridized carbons (Fsp3) is 0.409. The first-order valence-electron chi connectivity index (χ1n) is 9.93. The van der Waals surface area contributed by atoms with Crippen LogP contribution in [0.25, 0.3) is 0 Å². The maximum absolute atomic E-state index is 6.05. The fourth-order valence-electron chi connectivity index (χ4n) is 2.65. The van der Waals surface area contributed by atoms with Gasteiger partial charge >= 0.3 is 0 Å². The molecule has 0 atom stereocenters. The number of halogens is 1. The van der Waals surface area contributed by atoms with Gasteiger partial charge in [-0.25, -0.2) is 4.68 Å². The molecule has 1 aromatic carbocycles. The molecule has 1 heterocycles. The highest BCUT2D eigenvalue weighted by Gasteiger charge is 2.00. The molecule has 0 spiro atoms. The summed E-state index contributed by atoms with van der Waals surface area (Å²) in [6.07, 6.45) is 9.23. The summed E-state index contributed by atoms with van der Waals surface area (Å²) in [5, 5.41) is 8.81. The van der Waals surface area contributed by atoms with Gasteiger partial charge in [-0.15, -0.1) is 0 Å². The Morgan fingerprint density at radius 2 is 2.00 bits per heavy atom. The maximum Gasteiger partial charge on any atom is 0.146 e. The van der Waals surface area contributed by atoms with Gasteiger partial charge in [0.2, 0.25) is 0 Å². The zero-order valence-electron chi connectivity index (χ0n) is 16.8. The monoisotopic (exact) mass is 399 g/mol. The number of aromatic nitrogens is 2. The van der Waals surface area contributed by atoms with Crippen molar-refractivity contribution in [2.75, 3.05) is 18.4 Å². The molecule has 0 fully saturated rings. The number of allylic oxidation sites excluding steroid dienone is 1. The summed E-state index contributed by atoms with van der Waals surface area (Å²) in [6, 6.07) is 11.8. The highest BCUT2D eigenvalue weighted by atomic mass is 35.5. The van der Waals surface area contributed by atoms with Crippen LogP contribution < -0.4 is 10.8 Å². The summed E-state index contributed by atoms with van der Waals surface area (Å²) >= 11 is 6.05. The molecular weight excluding hydrogens is 370 g/mol. The van der Waals surface area contributed by atoms with Gasteiger partial charge in [-0.2, -0.15) is 5.10 Å². The molecule has 0 saturated heterocycles. The minimum atomic E-state index is 0.677. The number of nitrogens with zero attached hydrogens (tertiary/aromatic N) is 4. The molecule has 150 valence electrons. The van der Waals surface area contributed by atoms with Crippen molar-refractivity contribution in [3.8, 4) is 0 Å². The number of aryl methyl sites for hydroxylation is 1. The molecular formula is C22H30ClN5. The summed E-state index contributed by atoms with van der Waals surface area (Å²) in [6.45, 7) is 7.19. The van der Waals surface area contributed by atoms with Crippen LogP contribution in [0.4, 0.5) is 5.82 Å². The Bertz CT molecular complexity index is 839. The lowest BCUT2D eigenvalue weighted by molar-refractivity contribution is 0.573. The molecule has 0 saturated carbocycles. The maximum atomic E-state index is 6.05. The molecule has 0 aliphatic heterocycles. The fourth-order valence-corrected chi connectivity index (χ4v) is 2.86. The second-order valence-corrected chi connectivity index (χ2v) is 6.74. The van der Waals surface area contributed by atoms with E-state index in [0.717, 1.165) is 60.8 Å². The molecule has 0 bridgehead atoms. The summed E-state index contributed by atoms with van der Waals surface area (Å²) in [7, 11) is 0. The van der Waals surface area contributed by atoms with Crippen molar-refractivity contribution >= 4 is 23.6 Å². The number of hydrogen-bond donors (Lipinski definition) is 1. The standard InChI is InChI=1S/C22H30ClN5/c1-3-14-24-15-7-5-6-8-16-28-22(25-4-2)13-12-21(27-28)26-18-19-10-9-11-20(23)17-19/h5-6,9-14,17H,3-4,7-8,15-16,18H2,1-2H3,(H,26,27)/b6-5-,24-14?,25-22?. The Balaban J connectivity index is 1.95. The van der Waals surface area contributed by atoms with Crippen molar-refractivity contribution in [3.63, 3.8) is 0 Å². The van der Waals surface area contributed by atoms with E-state index >= 15 is 0 Å². The first kappa shape index (κ1) is 21.9. The molecule has 2 aromatic rings. The lowest BCUT2D eigenvalue weighted by Crippen LogP contribution is -2.24. The Kier molecular flexibility index (Phi) is 10.1. The van der Waals surface area contributed by atoms with Gasteiger partial charge in [0.15, 0.2) is 0 Å². The van der Waals surface area contributed by atoms with Crippen molar-refractivity contribution in [1.82, 2.24) is 9.78 Å². The number of hydrogen-bond acceptors (Lipinski definition) is 4. The number of aliphatic imine (C=N–C) groups is 1. The molecule has 0 radical (unpaired) electrons. The van der Waals surface area contributed by atoms with Gasteiger partial charge in [0, 0.05) is 31.2 Å².